The number of carbonyl (C=O) groups excluding carboxylic acids is 2. The highest BCUT2D eigenvalue weighted by Gasteiger charge is 2.16. The molecule has 3 rings (SSSR count). The zero-order valence-corrected chi connectivity index (χ0v) is 17.2. The van der Waals surface area contributed by atoms with E-state index in [-0.39, 0.29) is 23.0 Å². The largest absolute Gasteiger partial charge is 0.320 e. The molecule has 0 saturated carbocycles. The van der Waals surface area contributed by atoms with Gasteiger partial charge in [-0.25, -0.2) is 0 Å². The highest BCUT2D eigenvalue weighted by atomic mass is 32.2. The van der Waals surface area contributed by atoms with Gasteiger partial charge < -0.3 is 10.6 Å². The van der Waals surface area contributed by atoms with Crippen LogP contribution in [0.5, 0.6) is 0 Å². The second-order valence-electron chi connectivity index (χ2n) is 6.02. The van der Waals surface area contributed by atoms with Gasteiger partial charge in [0.05, 0.1) is 10.7 Å². The summed E-state index contributed by atoms with van der Waals surface area (Å²) in [6.07, 6.45) is 0.948. The molecule has 9 nitrogen and oxygen atoms in total. The summed E-state index contributed by atoms with van der Waals surface area (Å²) in [5.74, 6) is -0.568. The van der Waals surface area contributed by atoms with Crippen LogP contribution in [0.3, 0.4) is 0 Å². The number of rotatable bonds is 9. The Hall–Kier alpha value is -3.31. The summed E-state index contributed by atoms with van der Waals surface area (Å²) in [5, 5.41) is 24.4. The molecule has 2 N–H and O–H groups in total. The first-order valence-corrected chi connectivity index (χ1v) is 10.6. The van der Waals surface area contributed by atoms with Crippen molar-refractivity contribution in [2.24, 2.45) is 0 Å². The molecule has 3 aromatic rings. The topological polar surface area (TPSA) is 127 Å². The first kappa shape index (κ1) is 21.4. The zero-order chi connectivity index (χ0) is 21.3. The van der Waals surface area contributed by atoms with Crippen LogP contribution in [0.15, 0.2) is 58.9 Å². The second-order valence-corrected chi connectivity index (χ2v) is 8.22. The molecule has 2 aromatic carbocycles. The molecule has 0 unspecified atom stereocenters. The average Bonchev–Trinajstić information content (AvgIpc) is 3.19. The quantitative estimate of drug-likeness (QED) is 0.223. The van der Waals surface area contributed by atoms with Gasteiger partial charge in [0.2, 0.25) is 16.9 Å². The fourth-order valence-corrected chi connectivity index (χ4v) is 4.02. The lowest BCUT2D eigenvalue weighted by atomic mass is 10.1. The molecular formula is C19H17N5O4S2. The van der Waals surface area contributed by atoms with Gasteiger partial charge in [-0.3, -0.25) is 19.7 Å². The van der Waals surface area contributed by atoms with E-state index in [1.54, 1.807) is 6.07 Å². The Bertz CT molecular complexity index is 1040. The van der Waals surface area contributed by atoms with Crippen molar-refractivity contribution in [1.82, 2.24) is 10.2 Å². The number of nitrogens with zero attached hydrogens (tertiary/aromatic N) is 3. The summed E-state index contributed by atoms with van der Waals surface area (Å²) < 4.78 is 0.506. The van der Waals surface area contributed by atoms with E-state index in [1.165, 1.54) is 18.2 Å². The lowest BCUT2D eigenvalue weighted by Crippen LogP contribution is -2.15. The number of hydrogen-bond donors (Lipinski definition) is 2. The van der Waals surface area contributed by atoms with Gasteiger partial charge in [0.1, 0.15) is 5.69 Å². The van der Waals surface area contributed by atoms with Crippen LogP contribution in [0, 0.1) is 10.1 Å². The summed E-state index contributed by atoms with van der Waals surface area (Å²) in [7, 11) is 0. The third-order valence-corrected chi connectivity index (χ3v) is 5.81. The van der Waals surface area contributed by atoms with Crippen LogP contribution in [0.1, 0.15) is 12.0 Å². The summed E-state index contributed by atoms with van der Waals surface area (Å²) in [6, 6.07) is 15.6. The molecule has 1 heterocycles. The van der Waals surface area contributed by atoms with Crippen molar-refractivity contribution in [3.05, 3.63) is 70.3 Å². The minimum atomic E-state index is -0.555. The predicted octanol–water partition coefficient (Wildman–Crippen LogP) is 3.75. The van der Waals surface area contributed by atoms with Crippen LogP contribution in [-0.2, 0) is 16.0 Å². The molecule has 1 aromatic heterocycles. The molecule has 0 aliphatic rings. The predicted molar refractivity (Wildman–Crippen MR) is 116 cm³/mol. The van der Waals surface area contributed by atoms with Gasteiger partial charge in [-0.05, 0) is 18.1 Å². The van der Waals surface area contributed by atoms with Crippen molar-refractivity contribution in [3.63, 3.8) is 0 Å². The first-order chi connectivity index (χ1) is 14.5. The summed E-state index contributed by atoms with van der Waals surface area (Å²) >= 11 is 2.29. The van der Waals surface area contributed by atoms with Crippen molar-refractivity contribution in [3.8, 4) is 0 Å². The number of nitro benzene ring substituents is 1. The lowest BCUT2D eigenvalue weighted by molar-refractivity contribution is -0.383. The van der Waals surface area contributed by atoms with E-state index in [4.69, 9.17) is 0 Å². The van der Waals surface area contributed by atoms with Gasteiger partial charge >= 0.3 is 0 Å². The molecule has 0 atom stereocenters. The van der Waals surface area contributed by atoms with Crippen molar-refractivity contribution >= 4 is 51.4 Å². The molecule has 0 radical (unpaired) electrons. The van der Waals surface area contributed by atoms with E-state index < -0.39 is 10.8 Å². The van der Waals surface area contributed by atoms with E-state index >= 15 is 0 Å². The maximum absolute atomic E-state index is 12.1. The molecule has 154 valence electrons. The molecule has 0 spiro atoms. The van der Waals surface area contributed by atoms with Crippen LogP contribution in [0.2, 0.25) is 0 Å². The minimum absolute atomic E-state index is 0.00261. The van der Waals surface area contributed by atoms with E-state index in [0.717, 1.165) is 28.7 Å². The number of nitrogens with one attached hydrogen (secondary N) is 2. The van der Waals surface area contributed by atoms with E-state index in [2.05, 4.69) is 20.8 Å². The van der Waals surface area contributed by atoms with Gasteiger partial charge in [0, 0.05) is 12.5 Å². The van der Waals surface area contributed by atoms with Gasteiger partial charge in [-0.1, -0.05) is 65.6 Å². The number of nitro groups is 1. The number of aryl methyl sites for hydroxylation is 1. The van der Waals surface area contributed by atoms with Gasteiger partial charge in [0.15, 0.2) is 4.34 Å². The zero-order valence-electron chi connectivity index (χ0n) is 15.6. The smallest absolute Gasteiger partial charge is 0.292 e. The standard InChI is InChI=1S/C19H17N5O4S2/c25-16(11-10-13-6-2-1-3-7-13)21-18-22-23-19(30-18)29-12-17(26)20-14-8-4-5-9-15(14)24(27)28/h1-9H,10-12H2,(H,20,26)(H,21,22,25). The van der Waals surface area contributed by atoms with E-state index in [9.17, 15) is 19.7 Å². The number of aromatic nitrogens is 2. The molecule has 0 saturated heterocycles. The Kier molecular flexibility index (Phi) is 7.46. The van der Waals surface area contributed by atoms with Crippen LogP contribution >= 0.6 is 23.1 Å². The minimum Gasteiger partial charge on any atom is -0.320 e. The average molecular weight is 444 g/mol. The Morgan fingerprint density at radius 2 is 1.73 bits per heavy atom. The van der Waals surface area contributed by atoms with Gasteiger partial charge in [-0.15, -0.1) is 10.2 Å². The molecule has 11 heteroatoms. The summed E-state index contributed by atoms with van der Waals surface area (Å²) in [5.41, 5.74) is 1.04. The van der Waals surface area contributed by atoms with Crippen molar-refractivity contribution < 1.29 is 14.5 Å². The Labute approximate surface area is 180 Å². The Morgan fingerprint density at radius 1 is 1.00 bits per heavy atom. The van der Waals surface area contributed by atoms with E-state index in [1.807, 2.05) is 30.3 Å². The number of hydrogen-bond acceptors (Lipinski definition) is 8. The maximum atomic E-state index is 12.1. The molecule has 0 aliphatic heterocycles. The van der Waals surface area contributed by atoms with Gasteiger partial charge in [0.25, 0.3) is 5.69 Å². The monoisotopic (exact) mass is 443 g/mol. The molecule has 0 fully saturated rings. The highest BCUT2D eigenvalue weighted by Crippen LogP contribution is 2.27. The van der Waals surface area contributed by atoms with Crippen molar-refractivity contribution in [2.45, 2.75) is 17.2 Å². The molecule has 30 heavy (non-hydrogen) atoms. The van der Waals surface area contributed by atoms with Crippen molar-refractivity contribution in [2.75, 3.05) is 16.4 Å². The Balaban J connectivity index is 1.45. The molecular weight excluding hydrogens is 426 g/mol. The lowest BCUT2D eigenvalue weighted by Gasteiger charge is -2.04. The second kappa shape index (κ2) is 10.5. The van der Waals surface area contributed by atoms with Crippen LogP contribution in [-0.4, -0.2) is 32.7 Å². The summed E-state index contributed by atoms with van der Waals surface area (Å²) in [4.78, 5) is 34.6. The van der Waals surface area contributed by atoms with Crippen LogP contribution < -0.4 is 10.6 Å². The number of anilines is 2. The summed E-state index contributed by atoms with van der Waals surface area (Å²) in [6.45, 7) is 0. The third kappa shape index (κ3) is 6.36. The van der Waals surface area contributed by atoms with Gasteiger partial charge in [-0.2, -0.15) is 0 Å². The van der Waals surface area contributed by atoms with Crippen molar-refractivity contribution in [1.29, 1.82) is 0 Å². The third-order valence-electron chi connectivity index (χ3n) is 3.84. The van der Waals surface area contributed by atoms with Crippen LogP contribution in [0.25, 0.3) is 0 Å². The fraction of sp³-hybridized carbons (Fsp3) is 0.158. The fourth-order valence-electron chi connectivity index (χ4n) is 2.46. The van der Waals surface area contributed by atoms with Crippen LogP contribution in [0.4, 0.5) is 16.5 Å². The number of benzene rings is 2. The molecule has 0 aliphatic carbocycles. The number of para-hydroxylation sites is 2. The Morgan fingerprint density at radius 3 is 2.50 bits per heavy atom. The normalized spacial score (nSPS) is 10.4. The number of carbonyl (C=O) groups is 2. The molecule has 2 amide bonds. The first-order valence-electron chi connectivity index (χ1n) is 8.84. The van der Waals surface area contributed by atoms with E-state index in [0.29, 0.717) is 22.3 Å². The molecule has 0 bridgehead atoms. The maximum Gasteiger partial charge on any atom is 0.292 e. The SMILES string of the molecule is O=C(CCc1ccccc1)Nc1nnc(SCC(=O)Nc2ccccc2[N+](=O)[O-])s1. The number of amides is 2. The highest BCUT2D eigenvalue weighted by molar-refractivity contribution is 8.01. The number of thioether (sulfide) groups is 1.